The van der Waals surface area contributed by atoms with Crippen molar-refractivity contribution in [3.8, 4) is 0 Å². The molecule has 2 heterocycles. The number of H-pyrrole nitrogens is 1. The van der Waals surface area contributed by atoms with Crippen LogP contribution in [0.5, 0.6) is 0 Å². The van der Waals surface area contributed by atoms with E-state index >= 15 is 0 Å². The normalized spacial score (nSPS) is 13.3. The van der Waals surface area contributed by atoms with E-state index in [0.717, 1.165) is 34.9 Å². The van der Waals surface area contributed by atoms with Crippen LogP contribution in [-0.2, 0) is 29.0 Å². The third-order valence-electron chi connectivity index (χ3n) is 6.84. The van der Waals surface area contributed by atoms with E-state index in [4.69, 9.17) is 32.4 Å². The Labute approximate surface area is 231 Å². The molecule has 1 fully saturated rings. The van der Waals surface area contributed by atoms with Gasteiger partial charge in [-0.1, -0.05) is 47.5 Å². The lowest BCUT2D eigenvalue weighted by molar-refractivity contribution is -0.133. The van der Waals surface area contributed by atoms with Crippen molar-refractivity contribution in [2.75, 3.05) is 20.2 Å². The molecule has 2 aromatic carbocycles. The topological polar surface area (TPSA) is 78.8 Å². The third-order valence-corrected chi connectivity index (χ3v) is 7.58. The van der Waals surface area contributed by atoms with E-state index in [2.05, 4.69) is 16.0 Å². The molecule has 4 aromatic rings. The SMILES string of the molecule is COC(=O)c1ccc(CN(CC(=O)N(CCc2c[nH]c3ccccc23)Cc2ccc(Cl)c(Cl)c2)C2CC2)o1. The molecule has 0 aliphatic heterocycles. The fraction of sp³-hybridized carbons (Fsp3) is 0.310. The first-order chi connectivity index (χ1) is 18.4. The summed E-state index contributed by atoms with van der Waals surface area (Å²) >= 11 is 12.4. The molecule has 38 heavy (non-hydrogen) atoms. The highest BCUT2D eigenvalue weighted by Crippen LogP contribution is 2.29. The molecule has 5 rings (SSSR count). The first kappa shape index (κ1) is 26.4. The zero-order valence-corrected chi connectivity index (χ0v) is 22.6. The maximum atomic E-state index is 13.7. The standard InChI is InChI=1S/C29H29Cl2N3O4/c1-37-29(36)27-11-9-22(38-27)17-34(21-7-8-21)18-28(35)33(16-19-6-10-24(30)25(31)14-19)13-12-20-15-32-26-5-3-2-4-23(20)26/h2-6,9-11,14-15,21,32H,7-8,12-13,16-18H2,1H3. The molecule has 0 bridgehead atoms. The zero-order chi connectivity index (χ0) is 26.6. The predicted molar refractivity (Wildman–Crippen MR) is 147 cm³/mol. The van der Waals surface area contributed by atoms with E-state index in [9.17, 15) is 9.59 Å². The number of aromatic amines is 1. The number of ether oxygens (including phenoxy) is 1. The van der Waals surface area contributed by atoms with Crippen molar-refractivity contribution in [3.63, 3.8) is 0 Å². The number of hydrogen-bond acceptors (Lipinski definition) is 5. The number of halogens is 2. The molecule has 7 nitrogen and oxygen atoms in total. The quantitative estimate of drug-likeness (QED) is 0.227. The Morgan fingerprint density at radius 1 is 1.05 bits per heavy atom. The van der Waals surface area contributed by atoms with Crippen LogP contribution in [0.1, 0.15) is 40.3 Å². The van der Waals surface area contributed by atoms with E-state index in [-0.39, 0.29) is 18.2 Å². The fourth-order valence-corrected chi connectivity index (χ4v) is 4.97. The lowest BCUT2D eigenvalue weighted by Gasteiger charge is -2.27. The van der Waals surface area contributed by atoms with Crippen molar-refractivity contribution in [1.82, 2.24) is 14.8 Å². The van der Waals surface area contributed by atoms with Crippen LogP contribution in [-0.4, -0.2) is 52.9 Å². The highest BCUT2D eigenvalue weighted by molar-refractivity contribution is 6.42. The Hall–Kier alpha value is -3.26. The predicted octanol–water partition coefficient (Wildman–Crippen LogP) is 6.09. The van der Waals surface area contributed by atoms with Crippen LogP contribution in [0.25, 0.3) is 10.9 Å². The maximum absolute atomic E-state index is 13.7. The molecule has 1 saturated carbocycles. The van der Waals surface area contributed by atoms with Gasteiger partial charge in [-0.15, -0.1) is 0 Å². The highest BCUT2D eigenvalue weighted by Gasteiger charge is 2.32. The molecule has 1 aliphatic carbocycles. The summed E-state index contributed by atoms with van der Waals surface area (Å²) in [5, 5.41) is 2.11. The second-order valence-electron chi connectivity index (χ2n) is 9.57. The second kappa shape index (κ2) is 11.6. The van der Waals surface area contributed by atoms with Crippen molar-refractivity contribution in [1.29, 1.82) is 0 Å². The van der Waals surface area contributed by atoms with Gasteiger partial charge in [-0.3, -0.25) is 9.69 Å². The largest absolute Gasteiger partial charge is 0.463 e. The van der Waals surface area contributed by atoms with Gasteiger partial charge in [0.1, 0.15) is 5.76 Å². The van der Waals surface area contributed by atoms with Crippen LogP contribution in [0.2, 0.25) is 10.0 Å². The van der Waals surface area contributed by atoms with Crippen molar-refractivity contribution in [2.45, 2.75) is 38.4 Å². The van der Waals surface area contributed by atoms with Gasteiger partial charge in [0.25, 0.3) is 0 Å². The fourth-order valence-electron chi connectivity index (χ4n) is 4.65. The summed E-state index contributed by atoms with van der Waals surface area (Å²) in [5.74, 6) is 0.280. The molecule has 0 radical (unpaired) electrons. The van der Waals surface area contributed by atoms with Gasteiger partial charge in [-0.2, -0.15) is 0 Å². The van der Waals surface area contributed by atoms with E-state index in [1.165, 1.54) is 7.11 Å². The second-order valence-corrected chi connectivity index (χ2v) is 10.4. The average Bonchev–Trinajstić information content (AvgIpc) is 3.53. The molecule has 198 valence electrons. The molecular formula is C29H29Cl2N3O4. The Balaban J connectivity index is 1.32. The van der Waals surface area contributed by atoms with Gasteiger partial charge in [0.05, 0.1) is 30.2 Å². The van der Waals surface area contributed by atoms with Crippen LogP contribution in [0, 0.1) is 0 Å². The molecule has 2 aromatic heterocycles. The molecule has 0 unspecified atom stereocenters. The van der Waals surface area contributed by atoms with Gasteiger partial charge in [-0.05, 0) is 60.7 Å². The lowest BCUT2D eigenvalue weighted by atomic mass is 10.1. The van der Waals surface area contributed by atoms with Crippen LogP contribution in [0.4, 0.5) is 0 Å². The number of aromatic nitrogens is 1. The number of amides is 1. The maximum Gasteiger partial charge on any atom is 0.373 e. The third kappa shape index (κ3) is 6.23. The first-order valence-electron chi connectivity index (χ1n) is 12.6. The number of nitrogens with one attached hydrogen (secondary N) is 1. The van der Waals surface area contributed by atoms with Crippen LogP contribution >= 0.6 is 23.2 Å². The number of rotatable bonds is 11. The minimum absolute atomic E-state index is 0.0163. The lowest BCUT2D eigenvalue weighted by Crippen LogP contribution is -2.41. The summed E-state index contributed by atoms with van der Waals surface area (Å²) in [6, 6.07) is 17.3. The number of methoxy groups -OCH3 is 1. The number of carbonyl (C=O) groups excluding carboxylic acids is 2. The van der Waals surface area contributed by atoms with E-state index in [0.29, 0.717) is 47.9 Å². The monoisotopic (exact) mass is 553 g/mol. The van der Waals surface area contributed by atoms with Crippen molar-refractivity contribution in [3.05, 3.63) is 93.5 Å². The van der Waals surface area contributed by atoms with Gasteiger partial charge in [0, 0.05) is 36.2 Å². The summed E-state index contributed by atoms with van der Waals surface area (Å²) in [6.07, 6.45) is 4.78. The molecule has 0 atom stereocenters. The number of para-hydroxylation sites is 1. The van der Waals surface area contributed by atoms with Crippen LogP contribution in [0.3, 0.4) is 0 Å². The number of nitrogens with zero attached hydrogens (tertiary/aromatic N) is 2. The van der Waals surface area contributed by atoms with Gasteiger partial charge >= 0.3 is 5.97 Å². The van der Waals surface area contributed by atoms with Gasteiger partial charge in [-0.25, -0.2) is 4.79 Å². The number of hydrogen-bond donors (Lipinski definition) is 1. The highest BCUT2D eigenvalue weighted by atomic mass is 35.5. The Bertz CT molecular complexity index is 1440. The minimum Gasteiger partial charge on any atom is -0.463 e. The number of carbonyl (C=O) groups is 2. The van der Waals surface area contributed by atoms with Crippen molar-refractivity contribution < 1.29 is 18.7 Å². The molecular weight excluding hydrogens is 525 g/mol. The smallest absolute Gasteiger partial charge is 0.373 e. The number of fused-ring (bicyclic) bond motifs is 1. The summed E-state index contributed by atoms with van der Waals surface area (Å²) in [4.78, 5) is 32.8. The van der Waals surface area contributed by atoms with E-state index < -0.39 is 5.97 Å². The Kier molecular flexibility index (Phi) is 8.07. The molecule has 1 N–H and O–H groups in total. The van der Waals surface area contributed by atoms with E-state index in [1.54, 1.807) is 18.2 Å². The molecule has 1 aliphatic rings. The summed E-state index contributed by atoms with van der Waals surface area (Å²) < 4.78 is 10.4. The molecule has 9 heteroatoms. The Morgan fingerprint density at radius 3 is 2.63 bits per heavy atom. The average molecular weight is 554 g/mol. The summed E-state index contributed by atoms with van der Waals surface area (Å²) in [6.45, 7) is 1.65. The molecule has 0 spiro atoms. The van der Waals surface area contributed by atoms with Gasteiger partial charge in [0.2, 0.25) is 11.7 Å². The number of furan rings is 1. The summed E-state index contributed by atoms with van der Waals surface area (Å²) in [5.41, 5.74) is 3.16. The first-order valence-corrected chi connectivity index (χ1v) is 13.3. The van der Waals surface area contributed by atoms with Gasteiger partial charge in [0.15, 0.2) is 0 Å². The molecule has 1 amide bonds. The number of benzene rings is 2. The van der Waals surface area contributed by atoms with Gasteiger partial charge < -0.3 is 19.0 Å². The van der Waals surface area contributed by atoms with E-state index in [1.807, 2.05) is 41.4 Å². The zero-order valence-electron chi connectivity index (χ0n) is 21.1. The van der Waals surface area contributed by atoms with Crippen LogP contribution < -0.4 is 0 Å². The van der Waals surface area contributed by atoms with Crippen molar-refractivity contribution in [2.24, 2.45) is 0 Å². The minimum atomic E-state index is -0.518. The van der Waals surface area contributed by atoms with Crippen LogP contribution in [0.15, 0.2) is 65.2 Å². The molecule has 0 saturated heterocycles. The Morgan fingerprint density at radius 2 is 1.87 bits per heavy atom. The summed E-state index contributed by atoms with van der Waals surface area (Å²) in [7, 11) is 1.32. The van der Waals surface area contributed by atoms with Crippen molar-refractivity contribution >= 4 is 46.0 Å². The number of esters is 1.